The van der Waals surface area contributed by atoms with Crippen LogP contribution in [0.1, 0.15) is 39.1 Å². The van der Waals surface area contributed by atoms with Gasteiger partial charge in [-0.05, 0) is 62.4 Å². The Morgan fingerprint density at radius 1 is 0.875 bits per heavy atom. The van der Waals surface area contributed by atoms with E-state index in [0.717, 1.165) is 33.9 Å². The van der Waals surface area contributed by atoms with Gasteiger partial charge in [0, 0.05) is 38.0 Å². The van der Waals surface area contributed by atoms with E-state index in [2.05, 4.69) is 42.3 Å². The Kier molecular flexibility index (Phi) is 6.43. The Bertz CT molecular complexity index is 1220. The maximum absolute atomic E-state index is 13.3. The van der Waals surface area contributed by atoms with E-state index in [9.17, 15) is 8.42 Å². The molecule has 0 atom stereocenters. The smallest absolute Gasteiger partial charge is 0.243 e. The summed E-state index contributed by atoms with van der Waals surface area (Å²) >= 11 is 1.64. The summed E-state index contributed by atoms with van der Waals surface area (Å²) in [4.78, 5) is 7.50. The predicted octanol–water partition coefficient (Wildman–Crippen LogP) is 4.79. The topological polar surface area (TPSA) is 53.5 Å². The molecule has 0 amide bonds. The van der Waals surface area contributed by atoms with Gasteiger partial charge in [-0.15, -0.1) is 11.3 Å². The number of hydrogen-bond donors (Lipinski definition) is 0. The number of thiazole rings is 1. The van der Waals surface area contributed by atoms with Crippen LogP contribution in [0.4, 0.5) is 5.13 Å². The summed E-state index contributed by atoms with van der Waals surface area (Å²) in [5.74, 6) is 0. The largest absolute Gasteiger partial charge is 0.345 e. The molecule has 0 saturated carbocycles. The normalized spacial score (nSPS) is 15.3. The van der Waals surface area contributed by atoms with Gasteiger partial charge in [0.1, 0.15) is 0 Å². The van der Waals surface area contributed by atoms with Crippen molar-refractivity contribution in [2.45, 2.75) is 45.9 Å². The van der Waals surface area contributed by atoms with Crippen LogP contribution in [0.3, 0.4) is 0 Å². The zero-order valence-corrected chi connectivity index (χ0v) is 21.1. The van der Waals surface area contributed by atoms with Crippen molar-refractivity contribution in [2.75, 3.05) is 31.1 Å². The Morgan fingerprint density at radius 3 is 2.16 bits per heavy atom. The average molecular weight is 470 g/mol. The van der Waals surface area contributed by atoms with Gasteiger partial charge in [-0.1, -0.05) is 35.9 Å². The van der Waals surface area contributed by atoms with Crippen molar-refractivity contribution in [3.8, 4) is 0 Å². The van der Waals surface area contributed by atoms with Crippen molar-refractivity contribution in [2.24, 2.45) is 0 Å². The second kappa shape index (κ2) is 8.96. The molecule has 2 heterocycles. The molecule has 1 aromatic heterocycles. The van der Waals surface area contributed by atoms with Gasteiger partial charge in [-0.3, -0.25) is 0 Å². The van der Waals surface area contributed by atoms with E-state index in [1.165, 1.54) is 16.7 Å². The number of anilines is 1. The lowest BCUT2D eigenvalue weighted by Gasteiger charge is -2.34. The predicted molar refractivity (Wildman–Crippen MR) is 132 cm³/mol. The van der Waals surface area contributed by atoms with E-state index in [-0.39, 0.29) is 0 Å². The number of rotatable bonds is 5. The summed E-state index contributed by atoms with van der Waals surface area (Å²) in [6.45, 7) is 12.3. The zero-order chi connectivity index (χ0) is 23.0. The van der Waals surface area contributed by atoms with Crippen LogP contribution in [-0.4, -0.2) is 43.9 Å². The van der Waals surface area contributed by atoms with Crippen LogP contribution < -0.4 is 4.90 Å². The van der Waals surface area contributed by atoms with E-state index in [1.54, 1.807) is 15.6 Å². The highest BCUT2D eigenvalue weighted by molar-refractivity contribution is 7.89. The third kappa shape index (κ3) is 4.60. The molecule has 4 rings (SSSR count). The van der Waals surface area contributed by atoms with Crippen LogP contribution in [0.25, 0.3) is 0 Å². The van der Waals surface area contributed by atoms with Gasteiger partial charge in [0.2, 0.25) is 10.0 Å². The van der Waals surface area contributed by atoms with Crippen molar-refractivity contribution in [1.82, 2.24) is 9.29 Å². The Morgan fingerprint density at radius 2 is 1.53 bits per heavy atom. The Labute approximate surface area is 195 Å². The van der Waals surface area contributed by atoms with E-state index in [4.69, 9.17) is 4.98 Å². The van der Waals surface area contributed by atoms with E-state index < -0.39 is 10.0 Å². The molecule has 5 nitrogen and oxygen atoms in total. The molecule has 0 spiro atoms. The fraction of sp³-hybridized carbons (Fsp3) is 0.400. The second-order valence-electron chi connectivity index (χ2n) is 8.84. The fourth-order valence-corrected chi connectivity index (χ4v) is 7.18. The third-order valence-electron chi connectivity index (χ3n) is 6.21. The number of benzene rings is 2. The molecule has 0 aliphatic carbocycles. The molecule has 170 valence electrons. The Balaban J connectivity index is 1.43. The van der Waals surface area contributed by atoms with Crippen LogP contribution in [-0.2, 0) is 16.4 Å². The fourth-order valence-electron chi connectivity index (χ4n) is 4.47. The molecule has 0 radical (unpaired) electrons. The van der Waals surface area contributed by atoms with E-state index >= 15 is 0 Å². The van der Waals surface area contributed by atoms with Gasteiger partial charge in [0.15, 0.2) is 5.13 Å². The second-order valence-corrected chi connectivity index (χ2v) is 11.5. The number of aromatic nitrogens is 1. The molecule has 0 N–H and O–H groups in total. The summed E-state index contributed by atoms with van der Waals surface area (Å²) in [6.07, 6.45) is 0.817. The van der Waals surface area contributed by atoms with Crippen LogP contribution in [0.5, 0.6) is 0 Å². The molecule has 32 heavy (non-hydrogen) atoms. The highest BCUT2D eigenvalue weighted by Gasteiger charge is 2.31. The minimum absolute atomic E-state index is 0.460. The number of piperazine rings is 1. The van der Waals surface area contributed by atoms with Gasteiger partial charge < -0.3 is 4.90 Å². The van der Waals surface area contributed by atoms with Crippen molar-refractivity contribution in [1.29, 1.82) is 0 Å². The summed E-state index contributed by atoms with van der Waals surface area (Å²) in [5, 5.41) is 3.09. The van der Waals surface area contributed by atoms with Crippen molar-refractivity contribution >= 4 is 26.5 Å². The molecule has 3 aromatic rings. The van der Waals surface area contributed by atoms with E-state index in [0.29, 0.717) is 31.1 Å². The zero-order valence-electron chi connectivity index (χ0n) is 19.5. The lowest BCUT2D eigenvalue weighted by molar-refractivity contribution is 0.384. The van der Waals surface area contributed by atoms with Crippen LogP contribution in [0.15, 0.2) is 40.6 Å². The Hall–Kier alpha value is -2.22. The first-order valence-corrected chi connectivity index (χ1v) is 13.3. The lowest BCUT2D eigenvalue weighted by Crippen LogP contribution is -2.48. The van der Waals surface area contributed by atoms with Gasteiger partial charge >= 0.3 is 0 Å². The van der Waals surface area contributed by atoms with E-state index in [1.807, 2.05) is 32.9 Å². The van der Waals surface area contributed by atoms with Gasteiger partial charge in [0.05, 0.1) is 10.6 Å². The van der Waals surface area contributed by atoms with Crippen LogP contribution in [0.2, 0.25) is 0 Å². The first kappa shape index (κ1) is 23.0. The summed E-state index contributed by atoms with van der Waals surface area (Å²) in [5.41, 5.74) is 7.66. The van der Waals surface area contributed by atoms with Crippen molar-refractivity contribution in [3.05, 3.63) is 74.8 Å². The van der Waals surface area contributed by atoms with Crippen molar-refractivity contribution < 1.29 is 8.42 Å². The summed E-state index contributed by atoms with van der Waals surface area (Å²) in [6, 6.07) is 10.5. The first-order chi connectivity index (χ1) is 15.1. The highest BCUT2D eigenvalue weighted by Crippen LogP contribution is 2.28. The maximum Gasteiger partial charge on any atom is 0.243 e. The van der Waals surface area contributed by atoms with Crippen LogP contribution >= 0.6 is 11.3 Å². The third-order valence-corrected chi connectivity index (χ3v) is 9.36. The van der Waals surface area contributed by atoms with Crippen molar-refractivity contribution in [3.63, 3.8) is 0 Å². The van der Waals surface area contributed by atoms with Crippen LogP contribution in [0, 0.1) is 34.6 Å². The minimum atomic E-state index is -3.50. The molecule has 2 aromatic carbocycles. The van der Waals surface area contributed by atoms with Gasteiger partial charge in [-0.25, -0.2) is 13.4 Å². The quantitative estimate of drug-likeness (QED) is 0.539. The average Bonchev–Trinajstić information content (AvgIpc) is 3.18. The van der Waals surface area contributed by atoms with Gasteiger partial charge in [-0.2, -0.15) is 4.31 Å². The molecule has 0 unspecified atom stereocenters. The monoisotopic (exact) mass is 469 g/mol. The lowest BCUT2D eigenvalue weighted by atomic mass is 10.0. The number of sulfonamides is 1. The maximum atomic E-state index is 13.3. The molecular formula is C25H31N3O2S2. The SMILES string of the molecule is Cc1cc(C)c(S(=O)(=O)N2CCN(c3nc(Cc4ccc(C)c(C)c4)cs3)CC2)c(C)c1. The minimum Gasteiger partial charge on any atom is -0.345 e. The standard InChI is InChI=1S/C25H31N3O2S2/c1-17-12-20(4)24(21(5)13-17)32(29,30)28-10-8-27(9-11-28)25-26-23(16-31-25)15-22-7-6-18(2)19(3)14-22/h6-7,12-14,16H,8-11,15H2,1-5H3. The number of nitrogens with zero attached hydrogens (tertiary/aromatic N) is 3. The molecule has 1 aliphatic rings. The number of hydrogen-bond acceptors (Lipinski definition) is 5. The molecule has 7 heteroatoms. The van der Waals surface area contributed by atoms with Gasteiger partial charge in [0.25, 0.3) is 0 Å². The molecule has 1 saturated heterocycles. The summed E-state index contributed by atoms with van der Waals surface area (Å²) < 4.78 is 28.3. The molecule has 1 fully saturated rings. The summed E-state index contributed by atoms with van der Waals surface area (Å²) in [7, 11) is -3.50. The molecule has 1 aliphatic heterocycles. The number of aryl methyl sites for hydroxylation is 5. The molecule has 0 bridgehead atoms. The highest BCUT2D eigenvalue weighted by atomic mass is 32.2. The first-order valence-electron chi connectivity index (χ1n) is 11.0. The molecular weight excluding hydrogens is 438 g/mol.